The molecular weight excluding hydrogens is 285 g/mol. The second-order valence-corrected chi connectivity index (χ2v) is 5.20. The third-order valence-corrected chi connectivity index (χ3v) is 3.63. The highest BCUT2D eigenvalue weighted by atomic mass is 19.1. The van der Waals surface area contributed by atoms with Crippen LogP contribution in [0.2, 0.25) is 0 Å². The van der Waals surface area contributed by atoms with Crippen molar-refractivity contribution in [3.8, 4) is 5.88 Å². The van der Waals surface area contributed by atoms with Crippen molar-refractivity contribution in [3.05, 3.63) is 54.0 Å². The summed E-state index contributed by atoms with van der Waals surface area (Å²) in [6.07, 6.45) is 2.29. The highest BCUT2D eigenvalue weighted by Crippen LogP contribution is 2.17. The standard InChI is InChI=1S/C16H16FN3O2/c17-14-5-2-1-4-12(14)10-16(21)20-9-7-13(11-20)22-15-6-3-8-18-19-15/h1-6,8,13H,7,9-11H2. The van der Waals surface area contributed by atoms with Crippen molar-refractivity contribution in [2.24, 2.45) is 0 Å². The minimum atomic E-state index is -0.345. The molecule has 0 radical (unpaired) electrons. The molecule has 114 valence electrons. The van der Waals surface area contributed by atoms with E-state index >= 15 is 0 Å². The van der Waals surface area contributed by atoms with Crippen LogP contribution < -0.4 is 4.74 Å². The van der Waals surface area contributed by atoms with E-state index in [-0.39, 0.29) is 24.2 Å². The molecule has 22 heavy (non-hydrogen) atoms. The van der Waals surface area contributed by atoms with Crippen molar-refractivity contribution in [3.63, 3.8) is 0 Å². The van der Waals surface area contributed by atoms with Gasteiger partial charge in [0.1, 0.15) is 11.9 Å². The van der Waals surface area contributed by atoms with Gasteiger partial charge in [0.15, 0.2) is 0 Å². The molecule has 0 N–H and O–H groups in total. The third kappa shape index (κ3) is 3.39. The molecular formula is C16H16FN3O2. The van der Waals surface area contributed by atoms with Gasteiger partial charge in [0.2, 0.25) is 11.8 Å². The van der Waals surface area contributed by atoms with Crippen molar-refractivity contribution in [1.82, 2.24) is 15.1 Å². The molecule has 0 saturated carbocycles. The van der Waals surface area contributed by atoms with E-state index in [1.807, 2.05) is 0 Å². The predicted octanol–water partition coefficient (Wildman–Crippen LogP) is 1.84. The predicted molar refractivity (Wildman–Crippen MR) is 77.7 cm³/mol. The number of hydrogen-bond donors (Lipinski definition) is 0. The van der Waals surface area contributed by atoms with Gasteiger partial charge in [-0.3, -0.25) is 4.79 Å². The quantitative estimate of drug-likeness (QED) is 0.864. The summed E-state index contributed by atoms with van der Waals surface area (Å²) in [7, 11) is 0. The van der Waals surface area contributed by atoms with Crippen LogP contribution in [0, 0.1) is 5.82 Å². The number of ether oxygens (including phenoxy) is 1. The first kappa shape index (κ1) is 14.4. The lowest BCUT2D eigenvalue weighted by atomic mass is 10.1. The van der Waals surface area contributed by atoms with Gasteiger partial charge >= 0.3 is 0 Å². The number of carbonyl (C=O) groups excluding carboxylic acids is 1. The Morgan fingerprint density at radius 2 is 2.18 bits per heavy atom. The fourth-order valence-corrected chi connectivity index (χ4v) is 2.49. The van der Waals surface area contributed by atoms with E-state index in [0.29, 0.717) is 24.5 Å². The van der Waals surface area contributed by atoms with Crippen molar-refractivity contribution < 1.29 is 13.9 Å². The summed E-state index contributed by atoms with van der Waals surface area (Å²) < 4.78 is 19.3. The number of benzene rings is 1. The van der Waals surface area contributed by atoms with Gasteiger partial charge in [-0.25, -0.2) is 4.39 Å². The SMILES string of the molecule is O=C(Cc1ccccc1F)N1CCC(Oc2cccnn2)C1. The number of aromatic nitrogens is 2. The molecule has 1 aliphatic rings. The number of likely N-dealkylation sites (tertiary alicyclic amines) is 1. The largest absolute Gasteiger partial charge is 0.471 e. The van der Waals surface area contributed by atoms with Gasteiger partial charge in [0.25, 0.3) is 0 Å². The molecule has 3 rings (SSSR count). The van der Waals surface area contributed by atoms with Gasteiger partial charge in [0.05, 0.1) is 13.0 Å². The van der Waals surface area contributed by atoms with E-state index < -0.39 is 0 Å². The first-order valence-corrected chi connectivity index (χ1v) is 7.18. The van der Waals surface area contributed by atoms with Gasteiger partial charge in [-0.15, -0.1) is 5.10 Å². The molecule has 6 heteroatoms. The van der Waals surface area contributed by atoms with Crippen LogP contribution in [-0.4, -0.2) is 40.2 Å². The first-order valence-electron chi connectivity index (χ1n) is 7.18. The maximum Gasteiger partial charge on any atom is 0.233 e. The van der Waals surface area contributed by atoms with Crippen molar-refractivity contribution in [1.29, 1.82) is 0 Å². The number of halogens is 1. The fraction of sp³-hybridized carbons (Fsp3) is 0.312. The molecule has 1 fully saturated rings. The van der Waals surface area contributed by atoms with Crippen LogP contribution in [0.1, 0.15) is 12.0 Å². The van der Waals surface area contributed by atoms with Gasteiger partial charge < -0.3 is 9.64 Å². The summed E-state index contributed by atoms with van der Waals surface area (Å²) in [4.78, 5) is 13.9. The molecule has 2 aromatic rings. The van der Waals surface area contributed by atoms with Gasteiger partial charge in [0, 0.05) is 25.2 Å². The fourth-order valence-electron chi connectivity index (χ4n) is 2.49. The molecule has 1 amide bonds. The highest BCUT2D eigenvalue weighted by Gasteiger charge is 2.28. The molecule has 0 aliphatic carbocycles. The lowest BCUT2D eigenvalue weighted by molar-refractivity contribution is -0.129. The lowest BCUT2D eigenvalue weighted by Gasteiger charge is -2.17. The van der Waals surface area contributed by atoms with Crippen molar-refractivity contribution >= 4 is 5.91 Å². The Morgan fingerprint density at radius 3 is 2.95 bits per heavy atom. The minimum Gasteiger partial charge on any atom is -0.471 e. The van der Waals surface area contributed by atoms with E-state index in [2.05, 4.69) is 10.2 Å². The van der Waals surface area contributed by atoms with Gasteiger partial charge in [-0.1, -0.05) is 18.2 Å². The Kier molecular flexibility index (Phi) is 4.27. The van der Waals surface area contributed by atoms with Crippen LogP contribution in [0.3, 0.4) is 0 Å². The van der Waals surface area contributed by atoms with Crippen LogP contribution >= 0.6 is 0 Å². The Morgan fingerprint density at radius 1 is 1.32 bits per heavy atom. The van der Waals surface area contributed by atoms with Crippen LogP contribution in [-0.2, 0) is 11.2 Å². The molecule has 2 heterocycles. The van der Waals surface area contributed by atoms with Gasteiger partial charge in [-0.2, -0.15) is 5.10 Å². The summed E-state index contributed by atoms with van der Waals surface area (Å²) in [5.74, 6) is 0.0219. The molecule has 1 atom stereocenters. The second kappa shape index (κ2) is 6.51. The molecule has 0 spiro atoms. The van der Waals surface area contributed by atoms with E-state index in [1.165, 1.54) is 6.07 Å². The molecule has 5 nitrogen and oxygen atoms in total. The number of rotatable bonds is 4. The monoisotopic (exact) mass is 301 g/mol. The Hall–Kier alpha value is -2.50. The van der Waals surface area contributed by atoms with Crippen LogP contribution in [0.5, 0.6) is 5.88 Å². The minimum absolute atomic E-state index is 0.0739. The van der Waals surface area contributed by atoms with E-state index in [4.69, 9.17) is 4.74 Å². The first-order chi connectivity index (χ1) is 10.7. The summed E-state index contributed by atoms with van der Waals surface area (Å²) in [5, 5.41) is 7.62. The summed E-state index contributed by atoms with van der Waals surface area (Å²) in [5.41, 5.74) is 0.422. The molecule has 1 unspecified atom stereocenters. The topological polar surface area (TPSA) is 55.3 Å². The van der Waals surface area contributed by atoms with Crippen LogP contribution in [0.4, 0.5) is 4.39 Å². The second-order valence-electron chi connectivity index (χ2n) is 5.20. The third-order valence-electron chi connectivity index (χ3n) is 3.63. The average molecular weight is 301 g/mol. The zero-order valence-electron chi connectivity index (χ0n) is 12.0. The number of carbonyl (C=O) groups is 1. The number of nitrogens with zero attached hydrogens (tertiary/aromatic N) is 3. The van der Waals surface area contributed by atoms with Gasteiger partial charge in [-0.05, 0) is 17.7 Å². The average Bonchev–Trinajstić information content (AvgIpc) is 2.99. The molecule has 1 aromatic carbocycles. The Bertz CT molecular complexity index is 651. The number of hydrogen-bond acceptors (Lipinski definition) is 4. The summed E-state index contributed by atoms with van der Waals surface area (Å²) in [6, 6.07) is 9.83. The van der Waals surface area contributed by atoms with E-state index in [9.17, 15) is 9.18 Å². The molecule has 1 aliphatic heterocycles. The maximum absolute atomic E-state index is 13.6. The molecule has 1 aromatic heterocycles. The van der Waals surface area contributed by atoms with Crippen molar-refractivity contribution in [2.45, 2.75) is 18.9 Å². The van der Waals surface area contributed by atoms with Crippen LogP contribution in [0.25, 0.3) is 0 Å². The maximum atomic E-state index is 13.6. The van der Waals surface area contributed by atoms with E-state index in [0.717, 1.165) is 6.42 Å². The normalized spacial score (nSPS) is 17.5. The highest BCUT2D eigenvalue weighted by molar-refractivity contribution is 5.79. The smallest absolute Gasteiger partial charge is 0.233 e. The zero-order valence-corrected chi connectivity index (χ0v) is 12.0. The lowest BCUT2D eigenvalue weighted by Crippen LogP contribution is -2.32. The van der Waals surface area contributed by atoms with Crippen molar-refractivity contribution in [2.75, 3.05) is 13.1 Å². The summed E-state index contributed by atoms with van der Waals surface area (Å²) in [6.45, 7) is 1.10. The molecule has 1 saturated heterocycles. The zero-order chi connectivity index (χ0) is 15.4. The molecule has 0 bridgehead atoms. The number of amides is 1. The summed E-state index contributed by atoms with van der Waals surface area (Å²) >= 11 is 0. The van der Waals surface area contributed by atoms with Crippen LogP contribution in [0.15, 0.2) is 42.6 Å². The Balaban J connectivity index is 1.56. The van der Waals surface area contributed by atoms with E-state index in [1.54, 1.807) is 41.4 Å². The Labute approximate surface area is 127 Å².